The fourth-order valence-corrected chi connectivity index (χ4v) is 1.67. The minimum atomic E-state index is -0.141. The van der Waals surface area contributed by atoms with Crippen LogP contribution in [0.3, 0.4) is 0 Å². The minimum Gasteiger partial charge on any atom is -0.504 e. The first-order valence-corrected chi connectivity index (χ1v) is 6.34. The number of carbonyl (C=O) groups excluding carboxylic acids is 1. The summed E-state index contributed by atoms with van der Waals surface area (Å²) in [6.07, 6.45) is 8.61. The van der Waals surface area contributed by atoms with Crippen molar-refractivity contribution in [2.75, 3.05) is 6.54 Å². The molecule has 0 spiro atoms. The van der Waals surface area contributed by atoms with Crippen LogP contribution in [-0.2, 0) is 11.2 Å². The molecule has 0 saturated heterocycles. The number of hydrogen-bond acceptors (Lipinski definition) is 3. The molecule has 4 nitrogen and oxygen atoms in total. The van der Waals surface area contributed by atoms with E-state index in [2.05, 4.69) is 11.2 Å². The Balaban J connectivity index is 2.21. The molecular weight excluding hydrogens is 242 g/mol. The van der Waals surface area contributed by atoms with E-state index in [0.29, 0.717) is 25.8 Å². The normalized spacial score (nSPS) is 9.84. The SMILES string of the molecule is C#CCCCCC(=O)NCCc1ccc(O)c(O)c1. The zero-order valence-electron chi connectivity index (χ0n) is 10.9. The van der Waals surface area contributed by atoms with E-state index in [1.807, 2.05) is 0 Å². The Labute approximate surface area is 113 Å². The van der Waals surface area contributed by atoms with Crippen molar-refractivity contribution >= 4 is 5.91 Å². The van der Waals surface area contributed by atoms with Gasteiger partial charge in [0.05, 0.1) is 0 Å². The monoisotopic (exact) mass is 261 g/mol. The number of unbranched alkanes of at least 4 members (excludes halogenated alkanes) is 2. The minimum absolute atomic E-state index is 0.0139. The molecule has 3 N–H and O–H groups in total. The van der Waals surface area contributed by atoms with Crippen molar-refractivity contribution in [1.82, 2.24) is 5.32 Å². The predicted octanol–water partition coefficient (Wildman–Crippen LogP) is 1.95. The van der Waals surface area contributed by atoms with Crippen molar-refractivity contribution < 1.29 is 15.0 Å². The highest BCUT2D eigenvalue weighted by atomic mass is 16.3. The number of hydrogen-bond donors (Lipinski definition) is 3. The molecule has 19 heavy (non-hydrogen) atoms. The third-order valence-corrected chi connectivity index (χ3v) is 2.75. The van der Waals surface area contributed by atoms with Crippen molar-refractivity contribution in [3.8, 4) is 23.8 Å². The van der Waals surface area contributed by atoms with Crippen molar-refractivity contribution in [3.63, 3.8) is 0 Å². The largest absolute Gasteiger partial charge is 0.504 e. The Hall–Kier alpha value is -2.15. The van der Waals surface area contributed by atoms with Gasteiger partial charge in [0.15, 0.2) is 11.5 Å². The average molecular weight is 261 g/mol. The quantitative estimate of drug-likeness (QED) is 0.399. The highest BCUT2D eigenvalue weighted by Gasteiger charge is 2.03. The number of aromatic hydroxyl groups is 2. The predicted molar refractivity (Wildman–Crippen MR) is 73.8 cm³/mol. The molecule has 0 aliphatic rings. The molecule has 1 aromatic rings. The maximum atomic E-state index is 11.5. The van der Waals surface area contributed by atoms with Gasteiger partial charge in [0.1, 0.15) is 0 Å². The first-order valence-electron chi connectivity index (χ1n) is 6.34. The fourth-order valence-electron chi connectivity index (χ4n) is 1.67. The summed E-state index contributed by atoms with van der Waals surface area (Å²) < 4.78 is 0. The number of phenols is 2. The molecule has 0 atom stereocenters. The maximum Gasteiger partial charge on any atom is 0.220 e. The summed E-state index contributed by atoms with van der Waals surface area (Å²) in [6.45, 7) is 0.512. The molecule has 0 aliphatic heterocycles. The Morgan fingerprint density at radius 3 is 2.74 bits per heavy atom. The smallest absolute Gasteiger partial charge is 0.220 e. The molecule has 0 bridgehead atoms. The molecule has 0 unspecified atom stereocenters. The number of nitrogens with one attached hydrogen (secondary N) is 1. The van der Waals surface area contributed by atoms with Crippen molar-refractivity contribution in [2.45, 2.75) is 32.1 Å². The van der Waals surface area contributed by atoms with Gasteiger partial charge in [-0.1, -0.05) is 6.07 Å². The van der Waals surface area contributed by atoms with Crippen LogP contribution >= 0.6 is 0 Å². The number of benzene rings is 1. The van der Waals surface area contributed by atoms with Crippen LogP contribution in [0.15, 0.2) is 18.2 Å². The van der Waals surface area contributed by atoms with E-state index in [1.165, 1.54) is 12.1 Å². The molecule has 0 heterocycles. The van der Waals surface area contributed by atoms with Gasteiger partial charge in [0, 0.05) is 19.4 Å². The maximum absolute atomic E-state index is 11.5. The first kappa shape index (κ1) is 14.9. The van der Waals surface area contributed by atoms with Gasteiger partial charge in [-0.2, -0.15) is 0 Å². The first-order chi connectivity index (χ1) is 9.13. The number of terminal acetylenes is 1. The van der Waals surface area contributed by atoms with Gasteiger partial charge in [-0.25, -0.2) is 0 Å². The second-order valence-electron chi connectivity index (χ2n) is 4.33. The molecule has 4 heteroatoms. The standard InChI is InChI=1S/C15H19NO3/c1-2-3-4-5-6-15(19)16-10-9-12-7-8-13(17)14(18)11-12/h1,7-8,11,17-18H,3-6,9-10H2,(H,16,19). The van der Waals surface area contributed by atoms with Crippen LogP contribution in [0.2, 0.25) is 0 Å². The van der Waals surface area contributed by atoms with Gasteiger partial charge in [-0.05, 0) is 37.0 Å². The van der Waals surface area contributed by atoms with E-state index in [1.54, 1.807) is 6.07 Å². The van der Waals surface area contributed by atoms with Gasteiger partial charge < -0.3 is 15.5 Å². The highest BCUT2D eigenvalue weighted by Crippen LogP contribution is 2.24. The van der Waals surface area contributed by atoms with Gasteiger partial charge in [-0.15, -0.1) is 12.3 Å². The zero-order valence-corrected chi connectivity index (χ0v) is 10.9. The molecule has 1 aromatic carbocycles. The van der Waals surface area contributed by atoms with Crippen molar-refractivity contribution in [3.05, 3.63) is 23.8 Å². The van der Waals surface area contributed by atoms with Gasteiger partial charge in [0.2, 0.25) is 5.91 Å². The molecule has 1 rings (SSSR count). The van der Waals surface area contributed by atoms with Gasteiger partial charge >= 0.3 is 0 Å². The lowest BCUT2D eigenvalue weighted by Crippen LogP contribution is -2.25. The third-order valence-electron chi connectivity index (χ3n) is 2.75. The van der Waals surface area contributed by atoms with Crippen LogP contribution in [0.5, 0.6) is 11.5 Å². The van der Waals surface area contributed by atoms with E-state index in [-0.39, 0.29) is 17.4 Å². The molecule has 0 aromatic heterocycles. The molecule has 0 saturated carbocycles. The van der Waals surface area contributed by atoms with Crippen LogP contribution in [0.1, 0.15) is 31.2 Å². The Morgan fingerprint density at radius 2 is 2.05 bits per heavy atom. The lowest BCUT2D eigenvalue weighted by molar-refractivity contribution is -0.121. The number of phenolic OH excluding ortho intramolecular Hbond substituents is 2. The molecular formula is C15H19NO3. The highest BCUT2D eigenvalue weighted by molar-refractivity contribution is 5.75. The Morgan fingerprint density at radius 1 is 1.26 bits per heavy atom. The van der Waals surface area contributed by atoms with Gasteiger partial charge in [-0.3, -0.25) is 4.79 Å². The summed E-state index contributed by atoms with van der Waals surface area (Å²) in [4.78, 5) is 11.5. The second-order valence-corrected chi connectivity index (χ2v) is 4.33. The molecule has 0 fully saturated rings. The zero-order chi connectivity index (χ0) is 14.1. The van der Waals surface area contributed by atoms with E-state index in [0.717, 1.165) is 18.4 Å². The van der Waals surface area contributed by atoms with E-state index < -0.39 is 0 Å². The lowest BCUT2D eigenvalue weighted by atomic mass is 10.1. The van der Waals surface area contributed by atoms with Crippen LogP contribution in [0, 0.1) is 12.3 Å². The molecule has 102 valence electrons. The van der Waals surface area contributed by atoms with E-state index >= 15 is 0 Å². The summed E-state index contributed by atoms with van der Waals surface area (Å²) in [7, 11) is 0. The summed E-state index contributed by atoms with van der Waals surface area (Å²) in [5, 5.41) is 21.3. The molecule has 1 amide bonds. The lowest BCUT2D eigenvalue weighted by Gasteiger charge is -2.06. The van der Waals surface area contributed by atoms with Crippen LogP contribution in [0.4, 0.5) is 0 Å². The van der Waals surface area contributed by atoms with E-state index in [4.69, 9.17) is 11.5 Å². The fraction of sp³-hybridized carbons (Fsp3) is 0.400. The second kappa shape index (κ2) is 8.04. The van der Waals surface area contributed by atoms with Crippen molar-refractivity contribution in [1.29, 1.82) is 0 Å². The van der Waals surface area contributed by atoms with Crippen molar-refractivity contribution in [2.24, 2.45) is 0 Å². The Kier molecular flexibility index (Phi) is 6.31. The summed E-state index contributed by atoms with van der Waals surface area (Å²) in [5.41, 5.74) is 0.864. The van der Waals surface area contributed by atoms with E-state index in [9.17, 15) is 9.90 Å². The van der Waals surface area contributed by atoms with Crippen LogP contribution in [-0.4, -0.2) is 22.7 Å². The topological polar surface area (TPSA) is 69.6 Å². The average Bonchev–Trinajstić information content (AvgIpc) is 2.39. The van der Waals surface area contributed by atoms with Gasteiger partial charge in [0.25, 0.3) is 0 Å². The number of amides is 1. The summed E-state index contributed by atoms with van der Waals surface area (Å²) in [6, 6.07) is 4.65. The molecule has 0 aliphatic carbocycles. The van der Waals surface area contributed by atoms with Crippen LogP contribution < -0.4 is 5.32 Å². The third kappa shape index (κ3) is 5.82. The number of rotatable bonds is 7. The Bertz CT molecular complexity index is 463. The summed E-state index contributed by atoms with van der Waals surface area (Å²) >= 11 is 0. The number of carbonyl (C=O) groups is 1. The summed E-state index contributed by atoms with van der Waals surface area (Å²) in [5.74, 6) is 2.28. The molecule has 0 radical (unpaired) electrons. The van der Waals surface area contributed by atoms with Crippen LogP contribution in [0.25, 0.3) is 0 Å².